The Labute approximate surface area is 123 Å². The molecular weight excluding hydrogens is 268 g/mol. The summed E-state index contributed by atoms with van der Waals surface area (Å²) in [5, 5.41) is 8.82. The molecular formula is C16H18N2O3. The third-order valence-electron chi connectivity index (χ3n) is 4.10. The number of pyridine rings is 1. The van der Waals surface area contributed by atoms with Crippen LogP contribution in [0.2, 0.25) is 0 Å². The van der Waals surface area contributed by atoms with Crippen molar-refractivity contribution in [2.45, 2.75) is 31.4 Å². The first-order chi connectivity index (χ1) is 10.3. The van der Waals surface area contributed by atoms with Crippen molar-refractivity contribution in [3.05, 3.63) is 29.6 Å². The van der Waals surface area contributed by atoms with E-state index in [0.29, 0.717) is 24.3 Å². The summed E-state index contributed by atoms with van der Waals surface area (Å²) < 4.78 is 5.75. The van der Waals surface area contributed by atoms with Crippen LogP contribution < -0.4 is 0 Å². The number of aromatic nitrogens is 1. The highest BCUT2D eigenvalue weighted by molar-refractivity contribution is 5.96. The number of morpholine rings is 1. The Hall–Kier alpha value is -1.90. The molecule has 5 nitrogen and oxygen atoms in total. The zero-order valence-electron chi connectivity index (χ0n) is 11.8. The van der Waals surface area contributed by atoms with E-state index in [9.17, 15) is 4.79 Å². The molecule has 1 aliphatic carbocycles. The Morgan fingerprint density at radius 1 is 1.52 bits per heavy atom. The second-order valence-corrected chi connectivity index (χ2v) is 5.29. The van der Waals surface area contributed by atoms with Crippen molar-refractivity contribution in [3.63, 3.8) is 0 Å². The average Bonchev–Trinajstić information content (AvgIpc) is 3.01. The second-order valence-electron chi connectivity index (χ2n) is 5.29. The van der Waals surface area contributed by atoms with E-state index >= 15 is 0 Å². The van der Waals surface area contributed by atoms with Gasteiger partial charge in [0.25, 0.3) is 5.91 Å². The lowest BCUT2D eigenvalue weighted by Gasteiger charge is -2.37. The van der Waals surface area contributed by atoms with Crippen molar-refractivity contribution in [2.24, 2.45) is 0 Å². The molecule has 1 N–H and O–H groups in total. The Balaban J connectivity index is 1.88. The van der Waals surface area contributed by atoms with Crippen LogP contribution in [0.1, 0.15) is 35.2 Å². The molecule has 2 fully saturated rings. The van der Waals surface area contributed by atoms with Gasteiger partial charge in [-0.15, -0.1) is 0 Å². The zero-order chi connectivity index (χ0) is 14.7. The number of amides is 1. The van der Waals surface area contributed by atoms with Crippen molar-refractivity contribution in [2.75, 3.05) is 19.8 Å². The third kappa shape index (κ3) is 2.78. The molecule has 1 saturated carbocycles. The number of carbonyl (C=O) groups excluding carboxylic acids is 1. The van der Waals surface area contributed by atoms with Crippen molar-refractivity contribution < 1.29 is 14.6 Å². The van der Waals surface area contributed by atoms with Crippen molar-refractivity contribution in [3.8, 4) is 11.8 Å². The fourth-order valence-electron chi connectivity index (χ4n) is 3.15. The molecule has 1 aromatic rings. The van der Waals surface area contributed by atoms with Gasteiger partial charge in [0, 0.05) is 18.9 Å². The van der Waals surface area contributed by atoms with Gasteiger partial charge in [0.2, 0.25) is 0 Å². The molecule has 2 unspecified atom stereocenters. The summed E-state index contributed by atoms with van der Waals surface area (Å²) in [4.78, 5) is 18.8. The number of rotatable bonds is 1. The number of carbonyl (C=O) groups is 1. The lowest BCUT2D eigenvalue weighted by Crippen LogP contribution is -2.51. The van der Waals surface area contributed by atoms with Crippen LogP contribution in [0.25, 0.3) is 0 Å². The van der Waals surface area contributed by atoms with Gasteiger partial charge in [0.05, 0.1) is 29.9 Å². The number of aliphatic hydroxyl groups is 1. The van der Waals surface area contributed by atoms with Crippen molar-refractivity contribution >= 4 is 5.91 Å². The Kier molecular flexibility index (Phi) is 4.18. The maximum Gasteiger partial charge on any atom is 0.255 e. The number of ether oxygens (including phenoxy) is 1. The minimum Gasteiger partial charge on any atom is -0.384 e. The minimum atomic E-state index is -0.231. The molecule has 0 aromatic carbocycles. The molecule has 3 rings (SSSR count). The van der Waals surface area contributed by atoms with Gasteiger partial charge < -0.3 is 14.7 Å². The summed E-state index contributed by atoms with van der Waals surface area (Å²) in [6.07, 6.45) is 6.48. The van der Waals surface area contributed by atoms with Gasteiger partial charge in [0.15, 0.2) is 0 Å². The van der Waals surface area contributed by atoms with Gasteiger partial charge in [0.1, 0.15) is 6.61 Å². The van der Waals surface area contributed by atoms with E-state index in [-0.39, 0.29) is 24.7 Å². The summed E-state index contributed by atoms with van der Waals surface area (Å²) in [5.74, 6) is 5.37. The van der Waals surface area contributed by atoms with E-state index in [0.717, 1.165) is 19.3 Å². The predicted molar refractivity (Wildman–Crippen MR) is 76.6 cm³/mol. The van der Waals surface area contributed by atoms with E-state index in [1.807, 2.05) is 4.90 Å². The van der Waals surface area contributed by atoms with E-state index in [1.54, 1.807) is 18.5 Å². The van der Waals surface area contributed by atoms with Crippen LogP contribution in [0, 0.1) is 11.8 Å². The summed E-state index contributed by atoms with van der Waals surface area (Å²) in [5.41, 5.74) is 1.12. The topological polar surface area (TPSA) is 62.7 Å². The van der Waals surface area contributed by atoms with Crippen LogP contribution in [0.5, 0.6) is 0 Å². The molecule has 0 bridgehead atoms. The molecule has 5 heteroatoms. The van der Waals surface area contributed by atoms with Gasteiger partial charge in [-0.3, -0.25) is 9.78 Å². The molecule has 1 amide bonds. The maximum atomic E-state index is 12.8. The van der Waals surface area contributed by atoms with E-state index in [1.165, 1.54) is 0 Å². The average molecular weight is 286 g/mol. The molecule has 0 radical (unpaired) electrons. The second kappa shape index (κ2) is 6.25. The van der Waals surface area contributed by atoms with Gasteiger partial charge in [-0.1, -0.05) is 11.8 Å². The number of hydrogen-bond donors (Lipinski definition) is 1. The van der Waals surface area contributed by atoms with E-state index in [4.69, 9.17) is 9.84 Å². The number of aliphatic hydroxyl groups excluding tert-OH is 1. The number of fused-ring (bicyclic) bond motifs is 1. The van der Waals surface area contributed by atoms with Crippen LogP contribution >= 0.6 is 0 Å². The molecule has 1 saturated heterocycles. The lowest BCUT2D eigenvalue weighted by molar-refractivity contribution is -0.0445. The number of nitrogens with zero attached hydrogens (tertiary/aromatic N) is 2. The van der Waals surface area contributed by atoms with Gasteiger partial charge in [-0.05, 0) is 25.3 Å². The molecule has 1 aliphatic heterocycles. The standard InChI is InChI=1S/C16H18N2O3/c19-9-2-3-12-11-17-7-6-13(12)16(20)18-8-10-21-15-5-1-4-14(15)18/h6-7,11,14-15,19H,1,4-5,8-10H2. The summed E-state index contributed by atoms with van der Waals surface area (Å²) in [7, 11) is 0. The van der Waals surface area contributed by atoms with Crippen molar-refractivity contribution in [1.29, 1.82) is 0 Å². The van der Waals surface area contributed by atoms with Crippen molar-refractivity contribution in [1.82, 2.24) is 9.88 Å². The van der Waals surface area contributed by atoms with Crippen LogP contribution in [-0.2, 0) is 4.74 Å². The molecule has 1 aromatic heterocycles. The minimum absolute atomic E-state index is 0.0140. The Morgan fingerprint density at radius 3 is 3.29 bits per heavy atom. The van der Waals surface area contributed by atoms with E-state index < -0.39 is 0 Å². The highest BCUT2D eigenvalue weighted by Gasteiger charge is 2.38. The Bertz CT molecular complexity index is 591. The first-order valence-electron chi connectivity index (χ1n) is 7.27. The highest BCUT2D eigenvalue weighted by Crippen LogP contribution is 2.30. The van der Waals surface area contributed by atoms with Crippen LogP contribution in [0.4, 0.5) is 0 Å². The molecule has 2 atom stereocenters. The van der Waals surface area contributed by atoms with Crippen LogP contribution in [0.3, 0.4) is 0 Å². The summed E-state index contributed by atoms with van der Waals surface area (Å²) in [6, 6.07) is 1.88. The monoisotopic (exact) mass is 286 g/mol. The molecule has 2 heterocycles. The molecule has 21 heavy (non-hydrogen) atoms. The highest BCUT2D eigenvalue weighted by atomic mass is 16.5. The van der Waals surface area contributed by atoms with Gasteiger partial charge >= 0.3 is 0 Å². The summed E-state index contributed by atoms with van der Waals surface area (Å²) >= 11 is 0. The summed E-state index contributed by atoms with van der Waals surface area (Å²) in [6.45, 7) is 0.982. The Morgan fingerprint density at radius 2 is 2.43 bits per heavy atom. The van der Waals surface area contributed by atoms with Crippen LogP contribution in [-0.4, -0.2) is 52.8 Å². The van der Waals surface area contributed by atoms with Crippen LogP contribution in [0.15, 0.2) is 18.5 Å². The first kappa shape index (κ1) is 14.1. The SMILES string of the molecule is O=C(c1ccncc1C#CCO)N1CCOC2CCCC21. The maximum absolute atomic E-state index is 12.8. The predicted octanol–water partition coefficient (Wildman–Crippen LogP) is 0.819. The lowest BCUT2D eigenvalue weighted by atomic mass is 10.1. The first-order valence-corrected chi connectivity index (χ1v) is 7.27. The molecule has 110 valence electrons. The van der Waals surface area contributed by atoms with E-state index in [2.05, 4.69) is 16.8 Å². The third-order valence-corrected chi connectivity index (χ3v) is 4.10. The normalized spacial score (nSPS) is 24.1. The number of hydrogen-bond acceptors (Lipinski definition) is 4. The smallest absolute Gasteiger partial charge is 0.255 e. The molecule has 0 spiro atoms. The van der Waals surface area contributed by atoms with Gasteiger partial charge in [-0.25, -0.2) is 0 Å². The zero-order valence-corrected chi connectivity index (χ0v) is 11.8. The molecule has 2 aliphatic rings. The van der Waals surface area contributed by atoms with Gasteiger partial charge in [-0.2, -0.15) is 0 Å². The fourth-order valence-corrected chi connectivity index (χ4v) is 3.15. The quantitative estimate of drug-likeness (QED) is 0.776. The fraction of sp³-hybridized carbons (Fsp3) is 0.500. The largest absolute Gasteiger partial charge is 0.384 e.